The number of hydrogen-bond donors (Lipinski definition) is 0. The van der Waals surface area contributed by atoms with Crippen LogP contribution in [0.25, 0.3) is 0 Å². The molecule has 0 aromatic rings. The van der Waals surface area contributed by atoms with E-state index in [2.05, 4.69) is 47.3 Å². The average molecular weight is 455 g/mol. The van der Waals surface area contributed by atoms with Gasteiger partial charge in [0.1, 0.15) is 0 Å². The highest BCUT2D eigenvalue weighted by atomic mass is 32.2. The standard InChI is InChI=1S/C16H36P.C6H16O3SSi/c1-5-9-13-17(14-10-6-2,15-11-7-3)16-12-8-4;1-11(2,3)6-4-5-10(7,8)9/h5-16H2,1-4H3;4-6H2,1-3H3,(H,7,8,9)/q+1;/p-1. The first-order valence-corrected chi connectivity index (χ1v) is 19.5. The van der Waals surface area contributed by atoms with Gasteiger partial charge in [-0.1, -0.05) is 79.1 Å². The quantitative estimate of drug-likeness (QED) is 0.138. The number of unbranched alkanes of at least 4 members (excludes halogenated alkanes) is 4. The topological polar surface area (TPSA) is 57.2 Å². The second-order valence-corrected chi connectivity index (χ2v) is 21.2. The first-order chi connectivity index (χ1) is 12.9. The summed E-state index contributed by atoms with van der Waals surface area (Å²) in [5.41, 5.74) is 0. The van der Waals surface area contributed by atoms with Crippen LogP contribution in [-0.4, -0.2) is 51.4 Å². The zero-order chi connectivity index (χ0) is 22.1. The van der Waals surface area contributed by atoms with Crippen LogP contribution in [0.3, 0.4) is 0 Å². The monoisotopic (exact) mass is 454 g/mol. The molecule has 0 aliphatic rings. The Bertz CT molecular complexity index is 410. The maximum absolute atomic E-state index is 10.2. The Morgan fingerprint density at radius 1 is 0.679 bits per heavy atom. The lowest BCUT2D eigenvalue weighted by Gasteiger charge is -2.28. The predicted molar refractivity (Wildman–Crippen MR) is 133 cm³/mol. The summed E-state index contributed by atoms with van der Waals surface area (Å²) in [7, 11) is -5.70. The molecule has 0 amide bonds. The fraction of sp³-hybridized carbons (Fsp3) is 1.00. The van der Waals surface area contributed by atoms with E-state index in [1.807, 2.05) is 0 Å². The zero-order valence-electron chi connectivity index (χ0n) is 20.2. The van der Waals surface area contributed by atoms with Crippen molar-refractivity contribution in [3.63, 3.8) is 0 Å². The molecule has 0 N–H and O–H groups in total. The smallest absolute Gasteiger partial charge is 0.0945 e. The summed E-state index contributed by atoms with van der Waals surface area (Å²) < 4.78 is 30.5. The van der Waals surface area contributed by atoms with Crippen LogP contribution >= 0.6 is 7.26 Å². The minimum atomic E-state index is -3.97. The van der Waals surface area contributed by atoms with Crippen LogP contribution in [0.1, 0.15) is 85.5 Å². The summed E-state index contributed by atoms with van der Waals surface area (Å²) in [6.07, 6.45) is 18.5. The molecule has 28 heavy (non-hydrogen) atoms. The molecule has 3 nitrogen and oxygen atoms in total. The molecule has 0 aliphatic heterocycles. The molecule has 0 fully saturated rings. The van der Waals surface area contributed by atoms with Crippen molar-refractivity contribution in [2.75, 3.05) is 30.4 Å². The lowest BCUT2D eigenvalue weighted by atomic mass is 10.4. The molecular formula is C22H51O3PSSi. The van der Waals surface area contributed by atoms with Crippen molar-refractivity contribution in [2.24, 2.45) is 0 Å². The average Bonchev–Trinajstić information content (AvgIpc) is 2.59. The van der Waals surface area contributed by atoms with Gasteiger partial charge in [0, 0.05) is 21.1 Å². The van der Waals surface area contributed by atoms with Crippen LogP contribution in [-0.2, 0) is 10.1 Å². The van der Waals surface area contributed by atoms with Crippen LogP contribution in [0.4, 0.5) is 0 Å². The summed E-state index contributed by atoms with van der Waals surface area (Å²) in [6.45, 7) is 15.9. The van der Waals surface area contributed by atoms with Gasteiger partial charge in [0.2, 0.25) is 0 Å². The van der Waals surface area contributed by atoms with Gasteiger partial charge in [-0.05, 0) is 32.1 Å². The van der Waals surface area contributed by atoms with E-state index >= 15 is 0 Å². The Labute approximate surface area is 180 Å². The molecule has 0 rings (SSSR count). The number of rotatable bonds is 16. The molecule has 0 aliphatic carbocycles. The van der Waals surface area contributed by atoms with E-state index in [0.29, 0.717) is 6.42 Å². The third kappa shape index (κ3) is 21.3. The van der Waals surface area contributed by atoms with Crippen LogP contribution in [0.2, 0.25) is 25.7 Å². The van der Waals surface area contributed by atoms with Gasteiger partial charge in [-0.15, -0.1) is 0 Å². The highest BCUT2D eigenvalue weighted by Crippen LogP contribution is 2.61. The van der Waals surface area contributed by atoms with Crippen LogP contribution in [0.15, 0.2) is 0 Å². The first kappa shape index (κ1) is 30.7. The minimum absolute atomic E-state index is 0.197. The molecule has 0 saturated heterocycles. The lowest BCUT2D eigenvalue weighted by molar-refractivity contribution is 0.462. The summed E-state index contributed by atoms with van der Waals surface area (Å²) in [5, 5.41) is 0. The lowest BCUT2D eigenvalue weighted by Crippen LogP contribution is -2.20. The van der Waals surface area contributed by atoms with Crippen LogP contribution in [0.5, 0.6) is 0 Å². The Balaban J connectivity index is 0. The van der Waals surface area contributed by atoms with E-state index in [4.69, 9.17) is 0 Å². The molecule has 0 radical (unpaired) electrons. The fourth-order valence-corrected chi connectivity index (χ4v) is 10.7. The van der Waals surface area contributed by atoms with Crippen molar-refractivity contribution in [3.05, 3.63) is 0 Å². The third-order valence-corrected chi connectivity index (χ3v) is 13.0. The Morgan fingerprint density at radius 2 is 1.00 bits per heavy atom. The highest BCUT2D eigenvalue weighted by Gasteiger charge is 2.34. The van der Waals surface area contributed by atoms with E-state index < -0.39 is 25.5 Å². The largest absolute Gasteiger partial charge is 0.748 e. The zero-order valence-corrected chi connectivity index (χ0v) is 22.9. The van der Waals surface area contributed by atoms with Crippen molar-refractivity contribution >= 4 is 25.5 Å². The maximum atomic E-state index is 10.2. The maximum Gasteiger partial charge on any atom is 0.0945 e. The Morgan fingerprint density at radius 3 is 1.21 bits per heavy atom. The number of hydrogen-bond acceptors (Lipinski definition) is 3. The first-order valence-electron chi connectivity index (χ1n) is 11.7. The second-order valence-electron chi connectivity index (χ2n) is 9.58. The third-order valence-electron chi connectivity index (χ3n) is 5.27. The van der Waals surface area contributed by atoms with Crippen molar-refractivity contribution < 1.29 is 13.0 Å². The predicted octanol–water partition coefficient (Wildman–Crippen LogP) is 7.46. The fourth-order valence-electron chi connectivity index (χ4n) is 3.42. The van der Waals surface area contributed by atoms with E-state index in [1.54, 1.807) is 24.6 Å². The Kier molecular flexibility index (Phi) is 19.0. The highest BCUT2D eigenvalue weighted by molar-refractivity contribution is 7.85. The summed E-state index contributed by atoms with van der Waals surface area (Å²) in [5.74, 6) is -0.197. The normalized spacial score (nSPS) is 12.6. The van der Waals surface area contributed by atoms with Crippen molar-refractivity contribution in [1.82, 2.24) is 0 Å². The summed E-state index contributed by atoms with van der Waals surface area (Å²) in [4.78, 5) is 0. The van der Waals surface area contributed by atoms with E-state index in [-0.39, 0.29) is 5.75 Å². The molecule has 0 atom stereocenters. The van der Waals surface area contributed by atoms with Crippen molar-refractivity contribution in [3.8, 4) is 0 Å². The van der Waals surface area contributed by atoms with Crippen LogP contribution in [0, 0.1) is 0 Å². The van der Waals surface area contributed by atoms with E-state index in [1.165, 1.54) is 51.4 Å². The van der Waals surface area contributed by atoms with Gasteiger partial charge in [-0.25, -0.2) is 8.42 Å². The van der Waals surface area contributed by atoms with Crippen molar-refractivity contribution in [2.45, 2.75) is 111 Å². The molecule has 0 bridgehead atoms. The molecular weight excluding hydrogens is 403 g/mol. The molecule has 0 heterocycles. The van der Waals surface area contributed by atoms with Gasteiger partial charge in [-0.2, -0.15) is 0 Å². The van der Waals surface area contributed by atoms with E-state index in [9.17, 15) is 13.0 Å². The van der Waals surface area contributed by atoms with Gasteiger partial charge >= 0.3 is 0 Å². The van der Waals surface area contributed by atoms with Gasteiger partial charge in [0.05, 0.1) is 34.8 Å². The van der Waals surface area contributed by atoms with Gasteiger partial charge in [0.25, 0.3) is 0 Å². The minimum Gasteiger partial charge on any atom is -0.748 e. The second kappa shape index (κ2) is 17.3. The molecule has 0 aromatic carbocycles. The van der Waals surface area contributed by atoms with Gasteiger partial charge in [-0.3, -0.25) is 0 Å². The van der Waals surface area contributed by atoms with Gasteiger partial charge in [0.15, 0.2) is 0 Å². The Hall–Kier alpha value is 0.557. The SMILES string of the molecule is CCCC[P+](CCCC)(CCCC)CCCC.C[Si](C)(C)CCCS(=O)(=O)[O-]. The molecule has 172 valence electrons. The molecule has 0 saturated carbocycles. The summed E-state index contributed by atoms with van der Waals surface area (Å²) in [6, 6.07) is 0.911. The van der Waals surface area contributed by atoms with Crippen molar-refractivity contribution in [1.29, 1.82) is 0 Å². The molecule has 6 heteroatoms. The van der Waals surface area contributed by atoms with E-state index in [0.717, 1.165) is 6.04 Å². The summed E-state index contributed by atoms with van der Waals surface area (Å²) >= 11 is 0. The van der Waals surface area contributed by atoms with Gasteiger partial charge < -0.3 is 4.55 Å². The molecule has 0 spiro atoms. The molecule has 0 unspecified atom stereocenters. The molecule has 0 aromatic heterocycles. The van der Waals surface area contributed by atoms with Crippen LogP contribution < -0.4 is 0 Å².